The molecule has 0 aliphatic rings. The zero-order valence-corrected chi connectivity index (χ0v) is 11.3. The van der Waals surface area contributed by atoms with Crippen molar-refractivity contribution >= 4 is 11.9 Å². The number of hydrogen-bond donors (Lipinski definition) is 2. The first-order valence-corrected chi connectivity index (χ1v) is 6.17. The van der Waals surface area contributed by atoms with Crippen LogP contribution in [0.5, 0.6) is 5.75 Å². The summed E-state index contributed by atoms with van der Waals surface area (Å²) in [6, 6.07) is 5.17. The molecular weight excluding hydrogens is 246 g/mol. The van der Waals surface area contributed by atoms with Crippen LogP contribution in [0, 0.1) is 5.92 Å². The Bertz CT molecular complexity index is 441. The highest BCUT2D eigenvalue weighted by atomic mass is 16.5. The molecule has 1 aromatic rings. The maximum atomic E-state index is 12.0. The molecule has 1 amide bonds. The Morgan fingerprint density at radius 1 is 1.32 bits per heavy atom. The van der Waals surface area contributed by atoms with Gasteiger partial charge in [0.15, 0.2) is 0 Å². The van der Waals surface area contributed by atoms with Gasteiger partial charge in [-0.15, -0.1) is 0 Å². The fourth-order valence-electron chi connectivity index (χ4n) is 1.63. The normalized spacial score (nSPS) is 13.4. The summed E-state index contributed by atoms with van der Waals surface area (Å²) >= 11 is 0. The van der Waals surface area contributed by atoms with Gasteiger partial charge in [0.25, 0.3) is 5.91 Å². The van der Waals surface area contributed by atoms with E-state index in [-0.39, 0.29) is 17.6 Å². The van der Waals surface area contributed by atoms with E-state index < -0.39 is 12.0 Å². The van der Waals surface area contributed by atoms with Crippen molar-refractivity contribution in [2.24, 2.45) is 5.92 Å². The van der Waals surface area contributed by atoms with E-state index in [1.165, 1.54) is 31.4 Å². The van der Waals surface area contributed by atoms with Crippen LogP contribution >= 0.6 is 0 Å². The van der Waals surface area contributed by atoms with Crippen LogP contribution in [0.4, 0.5) is 0 Å². The van der Waals surface area contributed by atoms with Gasteiger partial charge in [0.1, 0.15) is 11.8 Å². The maximum Gasteiger partial charge on any atom is 0.328 e. The number of carbonyl (C=O) groups excluding carboxylic acids is 2. The van der Waals surface area contributed by atoms with Crippen LogP contribution in [0.2, 0.25) is 0 Å². The van der Waals surface area contributed by atoms with Crippen LogP contribution in [0.1, 0.15) is 30.6 Å². The summed E-state index contributed by atoms with van der Waals surface area (Å²) in [4.78, 5) is 23.7. The zero-order valence-electron chi connectivity index (χ0n) is 11.3. The Morgan fingerprint density at radius 3 is 2.37 bits per heavy atom. The molecule has 0 aromatic heterocycles. The van der Waals surface area contributed by atoms with E-state index in [0.717, 1.165) is 6.42 Å². The molecule has 2 atom stereocenters. The molecular formula is C14H19NO4. The molecule has 0 unspecified atom stereocenters. The number of rotatable bonds is 5. The average Bonchev–Trinajstić information content (AvgIpc) is 2.43. The fourth-order valence-corrected chi connectivity index (χ4v) is 1.63. The van der Waals surface area contributed by atoms with Gasteiger partial charge in [-0.3, -0.25) is 4.79 Å². The minimum absolute atomic E-state index is 0.0199. The Morgan fingerprint density at radius 2 is 1.89 bits per heavy atom. The van der Waals surface area contributed by atoms with Gasteiger partial charge in [-0.1, -0.05) is 20.3 Å². The molecule has 0 saturated heterocycles. The van der Waals surface area contributed by atoms with Gasteiger partial charge in [-0.05, 0) is 30.2 Å². The highest BCUT2D eigenvalue weighted by Crippen LogP contribution is 2.12. The molecule has 0 bridgehead atoms. The lowest BCUT2D eigenvalue weighted by Gasteiger charge is -2.21. The van der Waals surface area contributed by atoms with Gasteiger partial charge in [0.2, 0.25) is 0 Å². The number of esters is 1. The molecule has 5 nitrogen and oxygen atoms in total. The largest absolute Gasteiger partial charge is 0.508 e. The Labute approximate surface area is 112 Å². The van der Waals surface area contributed by atoms with Crippen LogP contribution in [-0.2, 0) is 9.53 Å². The SMILES string of the molecule is CC[C@H](C)[C@@H](NC(=O)c1ccc(O)cc1)C(=O)OC. The predicted octanol–water partition coefficient (Wildman–Crippen LogP) is 1.71. The number of nitrogens with one attached hydrogen (secondary N) is 1. The minimum atomic E-state index is -0.670. The second-order valence-corrected chi connectivity index (χ2v) is 4.41. The van der Waals surface area contributed by atoms with Crippen LogP contribution in [-0.4, -0.2) is 30.1 Å². The monoisotopic (exact) mass is 265 g/mol. The molecule has 19 heavy (non-hydrogen) atoms. The second-order valence-electron chi connectivity index (χ2n) is 4.41. The number of benzene rings is 1. The molecule has 1 rings (SSSR count). The third-order valence-corrected chi connectivity index (χ3v) is 3.08. The molecule has 0 aliphatic heterocycles. The second kappa shape index (κ2) is 6.78. The standard InChI is InChI=1S/C14H19NO4/c1-4-9(2)12(14(18)19-3)15-13(17)10-5-7-11(16)8-6-10/h5-9,12,16H,4H2,1-3H3,(H,15,17)/t9-,12+/m0/s1. The summed E-state index contributed by atoms with van der Waals surface area (Å²) in [6.45, 7) is 3.81. The third kappa shape index (κ3) is 3.98. The van der Waals surface area contributed by atoms with Crippen LogP contribution in [0.25, 0.3) is 0 Å². The number of amides is 1. The van der Waals surface area contributed by atoms with Crippen molar-refractivity contribution in [1.29, 1.82) is 0 Å². The first-order valence-electron chi connectivity index (χ1n) is 6.17. The van der Waals surface area contributed by atoms with E-state index >= 15 is 0 Å². The van der Waals surface area contributed by atoms with Crippen molar-refractivity contribution in [2.75, 3.05) is 7.11 Å². The zero-order chi connectivity index (χ0) is 14.4. The first-order chi connectivity index (χ1) is 8.99. The highest BCUT2D eigenvalue weighted by Gasteiger charge is 2.26. The predicted molar refractivity (Wildman–Crippen MR) is 70.8 cm³/mol. The average molecular weight is 265 g/mol. The van der Waals surface area contributed by atoms with Crippen LogP contribution < -0.4 is 5.32 Å². The summed E-state index contributed by atoms with van der Waals surface area (Å²) in [7, 11) is 1.30. The van der Waals surface area contributed by atoms with Crippen molar-refractivity contribution in [3.05, 3.63) is 29.8 Å². The van der Waals surface area contributed by atoms with E-state index in [2.05, 4.69) is 5.32 Å². The van der Waals surface area contributed by atoms with E-state index in [1.54, 1.807) is 0 Å². The Balaban J connectivity index is 2.81. The van der Waals surface area contributed by atoms with Crippen molar-refractivity contribution in [1.82, 2.24) is 5.32 Å². The van der Waals surface area contributed by atoms with E-state index in [0.29, 0.717) is 5.56 Å². The lowest BCUT2D eigenvalue weighted by atomic mass is 9.99. The van der Waals surface area contributed by atoms with Crippen LogP contribution in [0.3, 0.4) is 0 Å². The summed E-state index contributed by atoms with van der Waals surface area (Å²) in [5.74, 6) is -0.756. The number of phenols is 1. The lowest BCUT2D eigenvalue weighted by Crippen LogP contribution is -2.45. The smallest absolute Gasteiger partial charge is 0.328 e. The van der Waals surface area contributed by atoms with Crippen molar-refractivity contribution in [2.45, 2.75) is 26.3 Å². The van der Waals surface area contributed by atoms with Gasteiger partial charge < -0.3 is 15.2 Å². The highest BCUT2D eigenvalue weighted by molar-refractivity contribution is 5.96. The Kier molecular flexibility index (Phi) is 5.36. The van der Waals surface area contributed by atoms with Gasteiger partial charge in [0.05, 0.1) is 7.11 Å². The van der Waals surface area contributed by atoms with Crippen molar-refractivity contribution < 1.29 is 19.4 Å². The lowest BCUT2D eigenvalue weighted by molar-refractivity contribution is -0.144. The third-order valence-electron chi connectivity index (χ3n) is 3.08. The van der Waals surface area contributed by atoms with Crippen molar-refractivity contribution in [3.63, 3.8) is 0 Å². The molecule has 0 heterocycles. The number of ether oxygens (including phenoxy) is 1. The summed E-state index contributed by atoms with van der Waals surface area (Å²) in [5, 5.41) is 11.8. The van der Waals surface area contributed by atoms with Crippen molar-refractivity contribution in [3.8, 4) is 5.75 Å². The molecule has 104 valence electrons. The number of phenolic OH excluding ortho intramolecular Hbond substituents is 1. The summed E-state index contributed by atoms with van der Waals surface area (Å²) < 4.78 is 4.70. The Hall–Kier alpha value is -2.04. The first kappa shape index (κ1) is 15.0. The molecule has 1 aromatic carbocycles. The van der Waals surface area contributed by atoms with Gasteiger partial charge in [0, 0.05) is 5.56 Å². The molecule has 0 aliphatic carbocycles. The van der Waals surface area contributed by atoms with Gasteiger partial charge >= 0.3 is 5.97 Å². The molecule has 5 heteroatoms. The van der Waals surface area contributed by atoms with Crippen LogP contribution in [0.15, 0.2) is 24.3 Å². The number of carbonyl (C=O) groups is 2. The molecule has 2 N–H and O–H groups in total. The van der Waals surface area contributed by atoms with E-state index in [9.17, 15) is 9.59 Å². The summed E-state index contributed by atoms with van der Waals surface area (Å²) in [6.07, 6.45) is 0.746. The molecule has 0 fully saturated rings. The number of methoxy groups -OCH3 is 1. The van der Waals surface area contributed by atoms with Gasteiger partial charge in [-0.2, -0.15) is 0 Å². The van der Waals surface area contributed by atoms with Gasteiger partial charge in [-0.25, -0.2) is 4.79 Å². The molecule has 0 saturated carbocycles. The number of hydrogen-bond acceptors (Lipinski definition) is 4. The quantitative estimate of drug-likeness (QED) is 0.795. The van der Waals surface area contributed by atoms with E-state index in [1.807, 2.05) is 13.8 Å². The maximum absolute atomic E-state index is 12.0. The van der Waals surface area contributed by atoms with E-state index in [4.69, 9.17) is 9.84 Å². The molecule has 0 spiro atoms. The minimum Gasteiger partial charge on any atom is -0.508 e. The number of aromatic hydroxyl groups is 1. The molecule has 0 radical (unpaired) electrons. The fraction of sp³-hybridized carbons (Fsp3) is 0.429. The summed E-state index contributed by atoms with van der Waals surface area (Å²) in [5.41, 5.74) is 0.384. The topological polar surface area (TPSA) is 75.6 Å².